The molecule has 0 amide bonds. The third-order valence-electron chi connectivity index (χ3n) is 6.56. The van der Waals surface area contributed by atoms with Crippen LogP contribution >= 0.6 is 0 Å². The summed E-state index contributed by atoms with van der Waals surface area (Å²) in [7, 11) is 0. The van der Waals surface area contributed by atoms with Crippen LogP contribution in [0, 0.1) is 11.3 Å². The lowest BCUT2D eigenvalue weighted by Crippen LogP contribution is -2.31. The lowest BCUT2D eigenvalue weighted by atomic mass is 9.70. The molecule has 0 aromatic heterocycles. The Hall–Kier alpha value is -0.330. The molecule has 1 heteroatoms. The van der Waals surface area contributed by atoms with Crippen LogP contribution in [-0.2, 0) is 4.79 Å². The zero-order valence-electron chi connectivity index (χ0n) is 20.4. The minimum Gasteiger partial charge on any atom is -0.299 e. The number of hydrogen-bond acceptors (Lipinski definition) is 1. The highest BCUT2D eigenvalue weighted by molar-refractivity contribution is 5.82. The third kappa shape index (κ3) is 14.6. The maximum absolute atomic E-state index is 12.6. The number of carbonyl (C=O) groups is 1. The Morgan fingerprint density at radius 3 is 1.21 bits per heavy atom. The van der Waals surface area contributed by atoms with Crippen LogP contribution in [0.2, 0.25) is 0 Å². The number of Topliss-reactive ketones (excluding diaryl/α,β-unsaturated/α-hetero) is 1. The molecule has 1 atom stereocenters. The SMILES string of the molecule is CCCCCCCCCCCCCC(CCCCCCC)(CC(C)C)C(C)=O. The van der Waals surface area contributed by atoms with Crippen molar-refractivity contribution in [1.29, 1.82) is 0 Å². The zero-order valence-corrected chi connectivity index (χ0v) is 20.4. The van der Waals surface area contributed by atoms with Gasteiger partial charge in [0.1, 0.15) is 5.78 Å². The molecular formula is C27H54O. The van der Waals surface area contributed by atoms with Crippen LogP contribution in [0.3, 0.4) is 0 Å². The average molecular weight is 395 g/mol. The van der Waals surface area contributed by atoms with Gasteiger partial charge in [0.15, 0.2) is 0 Å². The van der Waals surface area contributed by atoms with E-state index in [9.17, 15) is 4.79 Å². The van der Waals surface area contributed by atoms with E-state index < -0.39 is 0 Å². The lowest BCUT2D eigenvalue weighted by molar-refractivity contribution is -0.128. The fourth-order valence-electron chi connectivity index (χ4n) is 4.80. The summed E-state index contributed by atoms with van der Waals surface area (Å²) in [4.78, 5) is 12.6. The largest absolute Gasteiger partial charge is 0.299 e. The molecule has 0 saturated heterocycles. The van der Waals surface area contributed by atoms with E-state index in [4.69, 9.17) is 0 Å². The normalized spacial score (nSPS) is 13.8. The highest BCUT2D eigenvalue weighted by Gasteiger charge is 2.34. The van der Waals surface area contributed by atoms with Crippen LogP contribution in [0.4, 0.5) is 0 Å². The van der Waals surface area contributed by atoms with Gasteiger partial charge in [0.05, 0.1) is 0 Å². The third-order valence-corrected chi connectivity index (χ3v) is 6.56. The Kier molecular flexibility index (Phi) is 18.5. The Labute approximate surface area is 178 Å². The van der Waals surface area contributed by atoms with Gasteiger partial charge >= 0.3 is 0 Å². The van der Waals surface area contributed by atoms with Crippen molar-refractivity contribution in [2.24, 2.45) is 11.3 Å². The number of carbonyl (C=O) groups excluding carboxylic acids is 1. The van der Waals surface area contributed by atoms with E-state index >= 15 is 0 Å². The van der Waals surface area contributed by atoms with Gasteiger partial charge in [-0.05, 0) is 32.1 Å². The van der Waals surface area contributed by atoms with Crippen molar-refractivity contribution in [3.63, 3.8) is 0 Å². The molecule has 0 fully saturated rings. The van der Waals surface area contributed by atoms with Gasteiger partial charge in [-0.15, -0.1) is 0 Å². The molecule has 0 heterocycles. The number of ketones is 1. The second kappa shape index (κ2) is 18.7. The van der Waals surface area contributed by atoms with Crippen molar-refractivity contribution in [1.82, 2.24) is 0 Å². The van der Waals surface area contributed by atoms with Crippen molar-refractivity contribution < 1.29 is 4.79 Å². The molecule has 0 aromatic rings. The van der Waals surface area contributed by atoms with Gasteiger partial charge in [0.2, 0.25) is 0 Å². The van der Waals surface area contributed by atoms with Gasteiger partial charge in [-0.1, -0.05) is 130 Å². The van der Waals surface area contributed by atoms with Crippen molar-refractivity contribution >= 4 is 5.78 Å². The summed E-state index contributed by atoms with van der Waals surface area (Å²) < 4.78 is 0. The van der Waals surface area contributed by atoms with Crippen LogP contribution in [0.1, 0.15) is 157 Å². The minimum atomic E-state index is -0.0281. The standard InChI is InChI=1S/C27H54O/c1-6-8-10-12-13-14-15-16-17-19-21-23-27(26(5)28,24-25(3)4)22-20-18-11-9-7-2/h25H,6-24H2,1-5H3. The van der Waals surface area contributed by atoms with Crippen LogP contribution in [0.5, 0.6) is 0 Å². The number of rotatable bonds is 21. The Bertz CT molecular complexity index is 346. The molecule has 0 aromatic carbocycles. The molecule has 0 aliphatic heterocycles. The first kappa shape index (κ1) is 27.7. The summed E-state index contributed by atoms with van der Waals surface area (Å²) in [6, 6.07) is 0. The first-order valence-corrected chi connectivity index (χ1v) is 13.0. The predicted molar refractivity (Wildman–Crippen MR) is 127 cm³/mol. The van der Waals surface area contributed by atoms with Crippen molar-refractivity contribution in [3.8, 4) is 0 Å². The smallest absolute Gasteiger partial charge is 0.135 e. The summed E-state index contributed by atoms with van der Waals surface area (Å²) in [5, 5.41) is 0. The van der Waals surface area contributed by atoms with Crippen molar-refractivity contribution in [2.45, 2.75) is 157 Å². The average Bonchev–Trinajstić information content (AvgIpc) is 2.65. The molecular weight excluding hydrogens is 340 g/mol. The number of unbranched alkanes of at least 4 members (excludes halogenated alkanes) is 14. The molecule has 168 valence electrons. The Morgan fingerprint density at radius 2 is 0.929 bits per heavy atom. The summed E-state index contributed by atoms with van der Waals surface area (Å²) >= 11 is 0. The minimum absolute atomic E-state index is 0.0281. The van der Waals surface area contributed by atoms with Crippen LogP contribution in [-0.4, -0.2) is 5.78 Å². The predicted octanol–water partition coefficient (Wildman–Crippen LogP) is 9.67. The highest BCUT2D eigenvalue weighted by atomic mass is 16.1. The molecule has 0 aliphatic rings. The van der Waals surface area contributed by atoms with Gasteiger partial charge in [0.25, 0.3) is 0 Å². The highest BCUT2D eigenvalue weighted by Crippen LogP contribution is 2.39. The summed E-state index contributed by atoms with van der Waals surface area (Å²) in [6.45, 7) is 11.0. The van der Waals surface area contributed by atoms with Crippen LogP contribution < -0.4 is 0 Å². The first-order chi connectivity index (χ1) is 13.5. The van der Waals surface area contributed by atoms with Crippen LogP contribution in [0.15, 0.2) is 0 Å². The van der Waals surface area contributed by atoms with E-state index in [-0.39, 0.29) is 5.41 Å². The Morgan fingerprint density at radius 1 is 0.607 bits per heavy atom. The van der Waals surface area contributed by atoms with E-state index in [0.717, 1.165) is 19.3 Å². The van der Waals surface area contributed by atoms with Gasteiger partial charge in [-0.25, -0.2) is 0 Å². The van der Waals surface area contributed by atoms with E-state index in [1.54, 1.807) is 0 Å². The summed E-state index contributed by atoms with van der Waals surface area (Å²) in [5.41, 5.74) is -0.0281. The van der Waals surface area contributed by atoms with E-state index in [1.807, 2.05) is 6.92 Å². The maximum Gasteiger partial charge on any atom is 0.135 e. The lowest BCUT2D eigenvalue weighted by Gasteiger charge is -2.33. The quantitative estimate of drug-likeness (QED) is 0.177. The number of hydrogen-bond donors (Lipinski definition) is 0. The van der Waals surface area contributed by atoms with Crippen molar-refractivity contribution in [2.75, 3.05) is 0 Å². The molecule has 1 nitrogen and oxygen atoms in total. The second-order valence-electron chi connectivity index (χ2n) is 9.88. The summed E-state index contributed by atoms with van der Waals surface area (Å²) in [6.07, 6.45) is 25.1. The second-order valence-corrected chi connectivity index (χ2v) is 9.88. The van der Waals surface area contributed by atoms with Crippen molar-refractivity contribution in [3.05, 3.63) is 0 Å². The molecule has 28 heavy (non-hydrogen) atoms. The molecule has 0 saturated carbocycles. The van der Waals surface area contributed by atoms with Gasteiger partial charge in [0, 0.05) is 5.41 Å². The molecule has 0 rings (SSSR count). The van der Waals surface area contributed by atoms with E-state index in [0.29, 0.717) is 11.7 Å². The molecule has 0 bridgehead atoms. The van der Waals surface area contributed by atoms with Crippen LogP contribution in [0.25, 0.3) is 0 Å². The van der Waals surface area contributed by atoms with E-state index in [2.05, 4.69) is 27.7 Å². The molecule has 0 aliphatic carbocycles. The molecule has 0 radical (unpaired) electrons. The first-order valence-electron chi connectivity index (χ1n) is 13.0. The molecule has 0 N–H and O–H groups in total. The Balaban J connectivity index is 4.11. The monoisotopic (exact) mass is 394 g/mol. The van der Waals surface area contributed by atoms with Gasteiger partial charge in [-0.3, -0.25) is 4.79 Å². The van der Waals surface area contributed by atoms with Gasteiger partial charge in [-0.2, -0.15) is 0 Å². The van der Waals surface area contributed by atoms with E-state index in [1.165, 1.54) is 103 Å². The molecule has 1 unspecified atom stereocenters. The fraction of sp³-hybridized carbons (Fsp3) is 0.963. The fourth-order valence-corrected chi connectivity index (χ4v) is 4.80. The molecule has 0 spiro atoms. The topological polar surface area (TPSA) is 17.1 Å². The summed E-state index contributed by atoms with van der Waals surface area (Å²) in [5.74, 6) is 1.08. The zero-order chi connectivity index (χ0) is 21.1. The van der Waals surface area contributed by atoms with Gasteiger partial charge < -0.3 is 0 Å². The maximum atomic E-state index is 12.6.